The van der Waals surface area contributed by atoms with Gasteiger partial charge in [0.25, 0.3) is 0 Å². The molecule has 4 heteroatoms. The molecular weight excluding hydrogens is 260 g/mol. The Balaban J connectivity index is 1.61. The quantitative estimate of drug-likeness (QED) is 0.839. The lowest BCUT2D eigenvalue weighted by Crippen LogP contribution is -2.41. The molecule has 0 saturated heterocycles. The van der Waals surface area contributed by atoms with Crippen LogP contribution >= 0.6 is 23.5 Å². The van der Waals surface area contributed by atoms with Gasteiger partial charge in [-0.3, -0.25) is 4.99 Å². The first-order valence-electron chi connectivity index (χ1n) is 7.37. The first kappa shape index (κ1) is 13.2. The fourth-order valence-corrected chi connectivity index (χ4v) is 5.68. The number of hydrogen-bond donors (Lipinski definition) is 1. The van der Waals surface area contributed by atoms with Crippen LogP contribution in [0, 0.1) is 5.92 Å². The summed E-state index contributed by atoms with van der Waals surface area (Å²) < 4.78 is 0. The van der Waals surface area contributed by atoms with E-state index in [1.807, 2.05) is 23.5 Å². The van der Waals surface area contributed by atoms with Crippen LogP contribution in [0.25, 0.3) is 0 Å². The van der Waals surface area contributed by atoms with Crippen LogP contribution in [0.1, 0.15) is 44.9 Å². The molecule has 0 radical (unpaired) electrons. The molecule has 1 heterocycles. The molecule has 102 valence electrons. The van der Waals surface area contributed by atoms with Crippen molar-refractivity contribution in [3.05, 3.63) is 0 Å². The molecule has 2 aliphatic carbocycles. The molecule has 2 nitrogen and oxygen atoms in total. The predicted octanol–water partition coefficient (Wildman–Crippen LogP) is 3.52. The third-order valence-electron chi connectivity index (χ3n) is 4.65. The molecule has 3 aliphatic rings. The monoisotopic (exact) mass is 284 g/mol. The zero-order chi connectivity index (χ0) is 12.4. The first-order valence-corrected chi connectivity index (χ1v) is 9.64. The van der Waals surface area contributed by atoms with E-state index >= 15 is 0 Å². The second kappa shape index (κ2) is 6.08. The maximum atomic E-state index is 5.00. The number of rotatable bonds is 2. The normalized spacial score (nSPS) is 40.2. The van der Waals surface area contributed by atoms with Gasteiger partial charge in [0.05, 0.1) is 6.04 Å². The molecule has 0 aromatic heterocycles. The number of hydrogen-bond acceptors (Lipinski definition) is 4. The smallest absolute Gasteiger partial charge is 0.157 e. The van der Waals surface area contributed by atoms with Crippen molar-refractivity contribution in [2.45, 2.75) is 62.3 Å². The summed E-state index contributed by atoms with van der Waals surface area (Å²) in [6.45, 7) is 0. The summed E-state index contributed by atoms with van der Waals surface area (Å²) in [5.41, 5.74) is 0. The minimum absolute atomic E-state index is 0.636. The average Bonchev–Trinajstić information content (AvgIpc) is 2.86. The standard InChI is InChI=1S/C14H24N2S2/c1-17-13-8-4-7-12(13)16-14-15-11-6-3-2-5-10(11)9-18-14/h10-13H,2-9H2,1H3,(H,15,16). The molecule has 1 N–H and O–H groups in total. The van der Waals surface area contributed by atoms with Crippen LogP contribution in [0.3, 0.4) is 0 Å². The summed E-state index contributed by atoms with van der Waals surface area (Å²) in [6.07, 6.45) is 11.9. The zero-order valence-corrected chi connectivity index (χ0v) is 12.9. The van der Waals surface area contributed by atoms with Gasteiger partial charge in [-0.1, -0.05) is 31.0 Å². The third-order valence-corrected chi connectivity index (χ3v) is 6.91. The highest BCUT2D eigenvalue weighted by Crippen LogP contribution is 2.35. The lowest BCUT2D eigenvalue weighted by Gasteiger charge is -2.34. The molecule has 4 atom stereocenters. The number of amidine groups is 1. The van der Waals surface area contributed by atoms with Crippen molar-refractivity contribution in [3.8, 4) is 0 Å². The van der Waals surface area contributed by atoms with Crippen LogP contribution in [0.2, 0.25) is 0 Å². The second-order valence-corrected chi connectivity index (χ2v) is 7.90. The number of nitrogens with one attached hydrogen (secondary N) is 1. The van der Waals surface area contributed by atoms with E-state index in [4.69, 9.17) is 4.99 Å². The Morgan fingerprint density at radius 3 is 2.94 bits per heavy atom. The molecule has 4 unspecified atom stereocenters. The van der Waals surface area contributed by atoms with E-state index in [0.29, 0.717) is 12.1 Å². The molecule has 1 aliphatic heterocycles. The van der Waals surface area contributed by atoms with Gasteiger partial charge >= 0.3 is 0 Å². The van der Waals surface area contributed by atoms with Crippen LogP contribution < -0.4 is 5.32 Å². The number of nitrogens with zero attached hydrogens (tertiary/aromatic N) is 1. The van der Waals surface area contributed by atoms with E-state index in [0.717, 1.165) is 11.2 Å². The van der Waals surface area contributed by atoms with Gasteiger partial charge in [-0.05, 0) is 37.9 Å². The van der Waals surface area contributed by atoms with Crippen LogP contribution in [-0.2, 0) is 0 Å². The molecular formula is C14H24N2S2. The van der Waals surface area contributed by atoms with Gasteiger partial charge < -0.3 is 5.32 Å². The highest BCUT2D eigenvalue weighted by molar-refractivity contribution is 8.13. The minimum atomic E-state index is 0.636. The number of fused-ring (bicyclic) bond motifs is 1. The van der Waals surface area contributed by atoms with Crippen LogP contribution in [0.5, 0.6) is 0 Å². The minimum Gasteiger partial charge on any atom is -0.361 e. The summed E-state index contributed by atoms with van der Waals surface area (Å²) in [6, 6.07) is 1.31. The van der Waals surface area contributed by atoms with E-state index in [9.17, 15) is 0 Å². The van der Waals surface area contributed by atoms with Crippen molar-refractivity contribution in [2.24, 2.45) is 10.9 Å². The predicted molar refractivity (Wildman–Crippen MR) is 83.7 cm³/mol. The van der Waals surface area contributed by atoms with Crippen molar-refractivity contribution in [1.82, 2.24) is 5.32 Å². The average molecular weight is 284 g/mol. The lowest BCUT2D eigenvalue weighted by molar-refractivity contribution is 0.335. The molecule has 0 aromatic rings. The highest BCUT2D eigenvalue weighted by atomic mass is 32.2. The first-order chi connectivity index (χ1) is 8.86. The number of thioether (sulfide) groups is 2. The van der Waals surface area contributed by atoms with E-state index in [1.165, 1.54) is 55.9 Å². The van der Waals surface area contributed by atoms with E-state index in [-0.39, 0.29) is 0 Å². The molecule has 2 fully saturated rings. The topological polar surface area (TPSA) is 24.4 Å². The summed E-state index contributed by atoms with van der Waals surface area (Å²) in [7, 11) is 0. The Morgan fingerprint density at radius 1 is 1.17 bits per heavy atom. The molecule has 3 rings (SSSR count). The summed E-state index contributed by atoms with van der Waals surface area (Å²) in [4.78, 5) is 5.00. The Labute approximate surface area is 119 Å². The Hall–Kier alpha value is 0.170. The molecule has 0 aromatic carbocycles. The van der Waals surface area contributed by atoms with Gasteiger partial charge in [-0.2, -0.15) is 11.8 Å². The van der Waals surface area contributed by atoms with Crippen LogP contribution in [0.4, 0.5) is 0 Å². The molecule has 0 spiro atoms. The van der Waals surface area contributed by atoms with Crippen molar-refractivity contribution >= 4 is 28.7 Å². The summed E-state index contributed by atoms with van der Waals surface area (Å²) in [5.74, 6) is 2.17. The maximum absolute atomic E-state index is 5.00. The van der Waals surface area contributed by atoms with Crippen molar-refractivity contribution < 1.29 is 0 Å². The SMILES string of the molecule is CSC1CCCC1NC1=NC2CCCCC2CS1. The summed E-state index contributed by atoms with van der Waals surface area (Å²) >= 11 is 4.00. The van der Waals surface area contributed by atoms with Crippen molar-refractivity contribution in [1.29, 1.82) is 0 Å². The fraction of sp³-hybridized carbons (Fsp3) is 0.929. The Kier molecular flexibility index (Phi) is 4.45. The fourth-order valence-electron chi connectivity index (χ4n) is 3.54. The largest absolute Gasteiger partial charge is 0.361 e. The Morgan fingerprint density at radius 2 is 2.06 bits per heavy atom. The van der Waals surface area contributed by atoms with Crippen molar-refractivity contribution in [2.75, 3.05) is 12.0 Å². The summed E-state index contributed by atoms with van der Waals surface area (Å²) in [5, 5.41) is 5.80. The van der Waals surface area contributed by atoms with Gasteiger partial charge in [0.15, 0.2) is 5.17 Å². The second-order valence-electron chi connectivity index (χ2n) is 5.81. The van der Waals surface area contributed by atoms with Gasteiger partial charge in [0, 0.05) is 17.0 Å². The number of aliphatic imine (C=N–C) groups is 1. The lowest BCUT2D eigenvalue weighted by atomic mass is 9.86. The maximum Gasteiger partial charge on any atom is 0.157 e. The van der Waals surface area contributed by atoms with Crippen molar-refractivity contribution in [3.63, 3.8) is 0 Å². The van der Waals surface area contributed by atoms with Gasteiger partial charge in [0.1, 0.15) is 0 Å². The Bertz CT molecular complexity index is 319. The molecule has 0 bridgehead atoms. The van der Waals surface area contributed by atoms with Gasteiger partial charge in [-0.15, -0.1) is 0 Å². The molecule has 0 amide bonds. The van der Waals surface area contributed by atoms with E-state index in [1.54, 1.807) is 0 Å². The highest BCUT2D eigenvalue weighted by Gasteiger charge is 2.32. The van der Waals surface area contributed by atoms with E-state index < -0.39 is 0 Å². The third kappa shape index (κ3) is 2.84. The van der Waals surface area contributed by atoms with Crippen LogP contribution in [-0.4, -0.2) is 34.5 Å². The van der Waals surface area contributed by atoms with Crippen LogP contribution in [0.15, 0.2) is 4.99 Å². The van der Waals surface area contributed by atoms with Gasteiger partial charge in [-0.25, -0.2) is 0 Å². The zero-order valence-electron chi connectivity index (χ0n) is 11.2. The van der Waals surface area contributed by atoms with E-state index in [2.05, 4.69) is 11.6 Å². The van der Waals surface area contributed by atoms with Gasteiger partial charge in [0.2, 0.25) is 0 Å². The molecule has 18 heavy (non-hydrogen) atoms. The molecule has 2 saturated carbocycles.